The average Bonchev–Trinajstić information content (AvgIpc) is 2.74. The van der Waals surface area contributed by atoms with Gasteiger partial charge in [-0.2, -0.15) is 0 Å². The van der Waals surface area contributed by atoms with Gasteiger partial charge >= 0.3 is 0 Å². The van der Waals surface area contributed by atoms with Crippen molar-refractivity contribution in [1.82, 2.24) is 10.2 Å². The molecule has 0 atom stereocenters. The van der Waals surface area contributed by atoms with Crippen LogP contribution in [0, 0.1) is 0 Å². The molecule has 0 aromatic heterocycles. The molecule has 0 aliphatic carbocycles. The second kappa shape index (κ2) is 12.1. The van der Waals surface area contributed by atoms with E-state index in [4.69, 9.17) is 4.43 Å². The highest BCUT2D eigenvalue weighted by Gasteiger charge is 2.33. The maximum absolute atomic E-state index is 6.32. The van der Waals surface area contributed by atoms with E-state index in [1.165, 1.54) is 56.4 Å². The van der Waals surface area contributed by atoms with Gasteiger partial charge in [0.1, 0.15) is 16.1 Å². The molecule has 0 spiro atoms. The molecule has 1 aliphatic heterocycles. The molecule has 1 aliphatic rings. The lowest BCUT2D eigenvalue weighted by Gasteiger charge is -2.36. The number of benzene rings is 2. The zero-order chi connectivity index (χ0) is 19.4. The first kappa shape index (κ1) is 21.8. The van der Waals surface area contributed by atoms with Gasteiger partial charge < -0.3 is 14.6 Å². The Morgan fingerprint density at radius 2 is 1.37 bits per heavy atom. The van der Waals surface area contributed by atoms with Crippen LogP contribution in [0.5, 0.6) is 0 Å². The van der Waals surface area contributed by atoms with E-state index >= 15 is 0 Å². The Morgan fingerprint density at radius 3 is 1.81 bits per heavy atom. The zero-order valence-electron chi connectivity index (χ0n) is 17.3. The Labute approximate surface area is 168 Å². The maximum atomic E-state index is 6.32. The van der Waals surface area contributed by atoms with Crippen molar-refractivity contribution in [2.75, 3.05) is 33.7 Å². The quantitative estimate of drug-likeness (QED) is 0.741. The highest BCUT2D eigenvalue weighted by atomic mass is 28.2. The van der Waals surface area contributed by atoms with E-state index in [1.807, 2.05) is 14.1 Å². The smallest absolute Gasteiger partial charge is 0.147 e. The van der Waals surface area contributed by atoms with Crippen molar-refractivity contribution >= 4 is 10.5 Å². The molecule has 4 heteroatoms. The Kier molecular flexibility index (Phi) is 9.77. The molecular weight excluding hydrogens is 348 g/mol. The molecule has 3 rings (SSSR count). The van der Waals surface area contributed by atoms with Crippen LogP contribution in [0.4, 0.5) is 0 Å². The largest absolute Gasteiger partial charge is 0.414 e. The number of hydrogen-bond acceptors (Lipinski definition) is 3. The lowest BCUT2D eigenvalue weighted by Crippen LogP contribution is -2.34. The normalized spacial score (nSPS) is 15.2. The van der Waals surface area contributed by atoms with Crippen LogP contribution in [0.25, 0.3) is 0 Å². The number of rotatable bonds is 7. The second-order valence-electron chi connectivity index (χ2n) is 7.27. The summed E-state index contributed by atoms with van der Waals surface area (Å²) in [6.07, 6.45) is 6.34. The minimum Gasteiger partial charge on any atom is -0.414 e. The monoisotopic (exact) mass is 384 g/mol. The summed E-state index contributed by atoms with van der Waals surface area (Å²) < 4.78 is 6.32. The number of nitrogens with one attached hydrogen (secondary N) is 1. The van der Waals surface area contributed by atoms with Gasteiger partial charge in [0.05, 0.1) is 0 Å². The first-order valence-corrected chi connectivity index (χ1v) is 11.1. The molecule has 1 fully saturated rings. The van der Waals surface area contributed by atoms with Gasteiger partial charge in [0.15, 0.2) is 0 Å². The highest BCUT2D eigenvalue weighted by Crippen LogP contribution is 2.37. The Bertz CT molecular complexity index is 575. The Hall–Kier alpha value is -1.46. The first-order valence-electron chi connectivity index (χ1n) is 10.2. The molecule has 148 valence electrons. The second-order valence-corrected chi connectivity index (χ2v) is 7.68. The van der Waals surface area contributed by atoms with Crippen molar-refractivity contribution in [2.24, 2.45) is 0 Å². The molecule has 0 saturated carbocycles. The van der Waals surface area contributed by atoms with E-state index in [2.05, 4.69) is 70.9 Å². The van der Waals surface area contributed by atoms with Gasteiger partial charge in [-0.15, -0.1) is 0 Å². The molecule has 2 aromatic carbocycles. The lowest BCUT2D eigenvalue weighted by molar-refractivity contribution is 0.103. The fraction of sp³-hybridized carbons (Fsp3) is 0.478. The van der Waals surface area contributed by atoms with Crippen molar-refractivity contribution in [3.8, 4) is 0 Å². The van der Waals surface area contributed by atoms with Crippen LogP contribution in [-0.2, 0) is 10.0 Å². The van der Waals surface area contributed by atoms with Gasteiger partial charge in [0.25, 0.3) is 0 Å². The van der Waals surface area contributed by atoms with Gasteiger partial charge in [0.2, 0.25) is 0 Å². The fourth-order valence-corrected chi connectivity index (χ4v) is 4.62. The van der Waals surface area contributed by atoms with E-state index in [0.717, 1.165) is 16.9 Å². The van der Waals surface area contributed by atoms with E-state index < -0.39 is 0 Å². The number of piperidine rings is 1. The molecule has 2 aromatic rings. The van der Waals surface area contributed by atoms with Crippen LogP contribution >= 0.6 is 0 Å². The van der Waals surface area contributed by atoms with Gasteiger partial charge in [-0.05, 0) is 70.5 Å². The first-order chi connectivity index (χ1) is 13.3. The topological polar surface area (TPSA) is 24.5 Å². The Balaban J connectivity index is 0.000000817. The highest BCUT2D eigenvalue weighted by molar-refractivity contribution is 5.98. The van der Waals surface area contributed by atoms with Crippen molar-refractivity contribution in [2.45, 2.75) is 37.7 Å². The SMILES string of the molecule is CNC.[SiH3]OC(CCCN1CCCCC1)(c1ccccc1)c1ccccc1. The molecule has 0 amide bonds. The van der Waals surface area contributed by atoms with Crippen LogP contribution in [0.2, 0.25) is 0 Å². The van der Waals surface area contributed by atoms with Crippen molar-refractivity contribution in [3.05, 3.63) is 71.8 Å². The van der Waals surface area contributed by atoms with Crippen molar-refractivity contribution < 1.29 is 4.43 Å². The van der Waals surface area contributed by atoms with Crippen LogP contribution in [0.3, 0.4) is 0 Å². The summed E-state index contributed by atoms with van der Waals surface area (Å²) in [4.78, 5) is 2.62. The number of hydrogen-bond donors (Lipinski definition) is 1. The average molecular weight is 385 g/mol. The van der Waals surface area contributed by atoms with Gasteiger partial charge in [0, 0.05) is 0 Å². The van der Waals surface area contributed by atoms with Crippen LogP contribution in [0.1, 0.15) is 43.2 Å². The van der Waals surface area contributed by atoms with E-state index in [-0.39, 0.29) is 5.60 Å². The molecule has 0 bridgehead atoms. The summed E-state index contributed by atoms with van der Waals surface area (Å²) in [5.74, 6) is 0. The molecule has 3 nitrogen and oxygen atoms in total. The summed E-state index contributed by atoms with van der Waals surface area (Å²) in [5, 5.41) is 2.75. The molecule has 1 saturated heterocycles. The van der Waals surface area contributed by atoms with Gasteiger partial charge in [-0.1, -0.05) is 67.1 Å². The summed E-state index contributed by atoms with van der Waals surface area (Å²) in [6.45, 7) is 3.73. The standard InChI is InChI=1S/C21H29NOSi.C2H7N/c24-23-21(19-11-4-1-5-12-19,20-13-6-2-7-14-20)15-10-18-22-16-8-3-9-17-22;1-3-2/h1-2,4-7,11-14H,3,8-10,15-18H2,24H3;3H,1-2H3. The molecule has 1 heterocycles. The van der Waals surface area contributed by atoms with E-state index in [9.17, 15) is 0 Å². The molecule has 27 heavy (non-hydrogen) atoms. The van der Waals surface area contributed by atoms with Gasteiger partial charge in [-0.3, -0.25) is 0 Å². The van der Waals surface area contributed by atoms with Crippen molar-refractivity contribution in [3.63, 3.8) is 0 Å². The third kappa shape index (κ3) is 6.28. The summed E-state index contributed by atoms with van der Waals surface area (Å²) >= 11 is 0. The minimum absolute atomic E-state index is 0.287. The summed E-state index contributed by atoms with van der Waals surface area (Å²) in [6, 6.07) is 21.5. The van der Waals surface area contributed by atoms with Crippen LogP contribution in [-0.4, -0.2) is 49.1 Å². The van der Waals surface area contributed by atoms with E-state index in [1.54, 1.807) is 0 Å². The van der Waals surface area contributed by atoms with Crippen LogP contribution < -0.4 is 5.32 Å². The predicted molar refractivity (Wildman–Crippen MR) is 119 cm³/mol. The predicted octanol–water partition coefficient (Wildman–Crippen LogP) is 3.33. The number of likely N-dealkylation sites (tertiary alicyclic amines) is 1. The fourth-order valence-electron chi connectivity index (χ4n) is 3.94. The Morgan fingerprint density at radius 1 is 0.889 bits per heavy atom. The molecule has 0 radical (unpaired) electrons. The maximum Gasteiger partial charge on any atom is 0.147 e. The van der Waals surface area contributed by atoms with Crippen molar-refractivity contribution in [1.29, 1.82) is 0 Å². The summed E-state index contributed by atoms with van der Waals surface area (Å²) in [7, 11) is 4.48. The molecule has 0 unspecified atom stereocenters. The minimum atomic E-state index is -0.287. The van der Waals surface area contributed by atoms with Crippen LogP contribution in [0.15, 0.2) is 60.7 Å². The van der Waals surface area contributed by atoms with Gasteiger partial charge in [-0.25, -0.2) is 0 Å². The van der Waals surface area contributed by atoms with E-state index in [0.29, 0.717) is 0 Å². The summed E-state index contributed by atoms with van der Waals surface area (Å²) in [5.41, 5.74) is 2.28. The molecular formula is C23H36N2OSi. The number of nitrogens with zero attached hydrogens (tertiary/aromatic N) is 1. The third-order valence-electron chi connectivity index (χ3n) is 5.28. The lowest BCUT2D eigenvalue weighted by atomic mass is 9.82. The zero-order valence-corrected chi connectivity index (χ0v) is 19.3. The molecule has 1 N–H and O–H groups in total. The third-order valence-corrected chi connectivity index (χ3v) is 5.98.